The normalized spacial score (nSPS) is 11.0. The number of esters is 1. The Balaban J connectivity index is 3.17. The molecule has 0 spiro atoms. The number of ether oxygens (including phenoxy) is 1. The van der Waals surface area contributed by atoms with Gasteiger partial charge in [-0.3, -0.25) is 4.79 Å². The Bertz CT molecular complexity index is 520. The third-order valence-electron chi connectivity index (χ3n) is 2.41. The van der Waals surface area contributed by atoms with Crippen molar-refractivity contribution in [1.29, 1.82) is 0 Å². The molecule has 0 aliphatic heterocycles. The van der Waals surface area contributed by atoms with E-state index >= 15 is 0 Å². The summed E-state index contributed by atoms with van der Waals surface area (Å²) in [7, 11) is 1.23. The molecule has 0 unspecified atom stereocenters. The van der Waals surface area contributed by atoms with E-state index in [0.29, 0.717) is 0 Å². The van der Waals surface area contributed by atoms with Crippen molar-refractivity contribution in [1.82, 2.24) is 0 Å². The van der Waals surface area contributed by atoms with E-state index in [1.54, 1.807) is 20.8 Å². The van der Waals surface area contributed by atoms with Gasteiger partial charge in [-0.15, -0.1) is 0 Å². The number of carbonyl (C=O) groups is 2. The van der Waals surface area contributed by atoms with Gasteiger partial charge < -0.3 is 15.2 Å². The zero-order valence-electron chi connectivity index (χ0n) is 11.2. The molecule has 2 N–H and O–H groups in total. The highest BCUT2D eigenvalue weighted by Gasteiger charge is 2.23. The largest absolute Gasteiger partial charge is 0.504 e. The second-order valence-corrected chi connectivity index (χ2v) is 5.46. The molecule has 0 aromatic heterocycles. The topological polar surface area (TPSA) is 75.6 Å². The fourth-order valence-electron chi connectivity index (χ4n) is 1.24. The first kappa shape index (κ1) is 15.3. The molecule has 0 saturated carbocycles. The van der Waals surface area contributed by atoms with Gasteiger partial charge >= 0.3 is 5.97 Å². The molecule has 0 saturated heterocycles. The predicted molar refractivity (Wildman–Crippen MR) is 72.5 cm³/mol. The summed E-state index contributed by atoms with van der Waals surface area (Å²) in [6.07, 6.45) is 0. The smallest absolute Gasteiger partial charge is 0.337 e. The molecule has 5 nitrogen and oxygen atoms in total. The molecule has 1 rings (SSSR count). The van der Waals surface area contributed by atoms with Crippen molar-refractivity contribution in [2.45, 2.75) is 20.8 Å². The fourth-order valence-corrected chi connectivity index (χ4v) is 1.46. The van der Waals surface area contributed by atoms with Crippen molar-refractivity contribution >= 4 is 29.2 Å². The van der Waals surface area contributed by atoms with Gasteiger partial charge in [-0.05, 0) is 12.1 Å². The molecule has 0 heterocycles. The molecule has 0 bridgehead atoms. The maximum absolute atomic E-state index is 11.9. The molecule has 104 valence electrons. The molecule has 1 aromatic rings. The number of carbonyl (C=O) groups excluding carboxylic acids is 2. The van der Waals surface area contributed by atoms with Gasteiger partial charge in [-0.2, -0.15) is 0 Å². The molecular formula is C13H16ClNO4. The summed E-state index contributed by atoms with van der Waals surface area (Å²) in [4.78, 5) is 23.3. The molecule has 0 atom stereocenters. The van der Waals surface area contributed by atoms with Crippen LogP contribution in [0.1, 0.15) is 31.1 Å². The maximum Gasteiger partial charge on any atom is 0.337 e. The van der Waals surface area contributed by atoms with Gasteiger partial charge in [-0.1, -0.05) is 32.4 Å². The van der Waals surface area contributed by atoms with E-state index in [2.05, 4.69) is 10.1 Å². The Morgan fingerprint density at radius 2 is 1.89 bits per heavy atom. The monoisotopic (exact) mass is 285 g/mol. The van der Waals surface area contributed by atoms with Gasteiger partial charge in [-0.25, -0.2) is 4.79 Å². The van der Waals surface area contributed by atoms with E-state index < -0.39 is 11.4 Å². The van der Waals surface area contributed by atoms with Gasteiger partial charge in [0.1, 0.15) is 0 Å². The lowest BCUT2D eigenvalue weighted by atomic mass is 9.95. The Labute approximate surface area is 116 Å². The Morgan fingerprint density at radius 3 is 2.37 bits per heavy atom. The third-order valence-corrected chi connectivity index (χ3v) is 2.70. The van der Waals surface area contributed by atoms with Crippen LogP contribution in [0.4, 0.5) is 5.69 Å². The van der Waals surface area contributed by atoms with Crippen LogP contribution in [0.3, 0.4) is 0 Å². The third kappa shape index (κ3) is 3.61. The number of phenolic OH excluding ortho intramolecular Hbond substituents is 1. The number of aromatic hydroxyl groups is 1. The van der Waals surface area contributed by atoms with Gasteiger partial charge in [0, 0.05) is 5.41 Å². The molecule has 6 heteroatoms. The van der Waals surface area contributed by atoms with Crippen LogP contribution >= 0.6 is 11.6 Å². The van der Waals surface area contributed by atoms with Crippen LogP contribution in [0.15, 0.2) is 12.1 Å². The highest BCUT2D eigenvalue weighted by atomic mass is 35.5. The molecule has 1 aromatic carbocycles. The molecular weight excluding hydrogens is 270 g/mol. The first-order valence-corrected chi connectivity index (χ1v) is 5.97. The van der Waals surface area contributed by atoms with Crippen LogP contribution in [0.2, 0.25) is 5.02 Å². The molecule has 19 heavy (non-hydrogen) atoms. The molecule has 1 amide bonds. The van der Waals surface area contributed by atoms with E-state index in [1.165, 1.54) is 19.2 Å². The minimum Gasteiger partial charge on any atom is -0.504 e. The van der Waals surface area contributed by atoms with Gasteiger partial charge in [0.05, 0.1) is 23.4 Å². The quantitative estimate of drug-likeness (QED) is 0.647. The molecule has 0 aliphatic rings. The number of anilines is 1. The summed E-state index contributed by atoms with van der Waals surface area (Å²) < 4.78 is 4.57. The SMILES string of the molecule is COC(=O)c1cc(Cl)c(O)c(NC(=O)C(C)(C)C)c1. The van der Waals surface area contributed by atoms with Crippen molar-refractivity contribution in [3.05, 3.63) is 22.7 Å². The van der Waals surface area contributed by atoms with E-state index in [1.807, 2.05) is 0 Å². The average molecular weight is 286 g/mol. The van der Waals surface area contributed by atoms with Crippen molar-refractivity contribution in [2.75, 3.05) is 12.4 Å². The minimum atomic E-state index is -0.639. The number of amides is 1. The number of benzene rings is 1. The van der Waals surface area contributed by atoms with Crippen molar-refractivity contribution in [2.24, 2.45) is 5.41 Å². The van der Waals surface area contributed by atoms with Crippen LogP contribution < -0.4 is 5.32 Å². The second kappa shape index (κ2) is 5.48. The van der Waals surface area contributed by atoms with E-state index in [4.69, 9.17) is 11.6 Å². The maximum atomic E-state index is 11.9. The highest BCUT2D eigenvalue weighted by Crippen LogP contribution is 2.34. The number of phenols is 1. The number of nitrogens with one attached hydrogen (secondary N) is 1. The summed E-state index contributed by atoms with van der Waals surface area (Å²) in [6, 6.07) is 2.59. The van der Waals surface area contributed by atoms with Crippen LogP contribution in [-0.2, 0) is 9.53 Å². The molecule has 0 fully saturated rings. The Morgan fingerprint density at radius 1 is 1.32 bits per heavy atom. The number of hydrogen-bond donors (Lipinski definition) is 2. The van der Waals surface area contributed by atoms with Gasteiger partial charge in [0.25, 0.3) is 0 Å². The van der Waals surface area contributed by atoms with Crippen LogP contribution in [0, 0.1) is 5.41 Å². The van der Waals surface area contributed by atoms with Crippen molar-refractivity contribution in [3.8, 4) is 5.75 Å². The molecule has 0 aliphatic carbocycles. The number of methoxy groups -OCH3 is 1. The molecule has 0 radical (unpaired) electrons. The average Bonchev–Trinajstić information content (AvgIpc) is 2.32. The summed E-state index contributed by atoms with van der Waals surface area (Å²) in [5, 5.41) is 12.3. The lowest BCUT2D eigenvalue weighted by Gasteiger charge is -2.18. The number of hydrogen-bond acceptors (Lipinski definition) is 4. The van der Waals surface area contributed by atoms with E-state index in [0.717, 1.165) is 0 Å². The first-order chi connectivity index (χ1) is 8.66. The standard InChI is InChI=1S/C13H16ClNO4/c1-13(2,3)12(18)15-9-6-7(11(17)19-4)5-8(14)10(9)16/h5-6,16H,1-4H3,(H,15,18). The summed E-state index contributed by atoms with van der Waals surface area (Å²) in [5.41, 5.74) is -0.414. The first-order valence-electron chi connectivity index (χ1n) is 5.59. The lowest BCUT2D eigenvalue weighted by Crippen LogP contribution is -2.27. The number of rotatable bonds is 2. The van der Waals surface area contributed by atoms with Crippen LogP contribution in [-0.4, -0.2) is 24.1 Å². The Hall–Kier alpha value is -1.75. The summed E-state index contributed by atoms with van der Waals surface area (Å²) in [6.45, 7) is 5.18. The van der Waals surface area contributed by atoms with E-state index in [9.17, 15) is 14.7 Å². The van der Waals surface area contributed by atoms with Crippen molar-refractivity contribution in [3.63, 3.8) is 0 Å². The second-order valence-electron chi connectivity index (χ2n) is 5.05. The summed E-state index contributed by atoms with van der Waals surface area (Å²) >= 11 is 5.81. The fraction of sp³-hybridized carbons (Fsp3) is 0.385. The van der Waals surface area contributed by atoms with Crippen LogP contribution in [0.25, 0.3) is 0 Å². The van der Waals surface area contributed by atoms with E-state index in [-0.39, 0.29) is 27.9 Å². The zero-order valence-corrected chi connectivity index (χ0v) is 12.0. The van der Waals surface area contributed by atoms with Crippen LogP contribution in [0.5, 0.6) is 5.75 Å². The van der Waals surface area contributed by atoms with Gasteiger partial charge in [0.15, 0.2) is 5.75 Å². The Kier molecular flexibility index (Phi) is 4.42. The highest BCUT2D eigenvalue weighted by molar-refractivity contribution is 6.33. The zero-order chi connectivity index (χ0) is 14.8. The lowest BCUT2D eigenvalue weighted by molar-refractivity contribution is -0.123. The minimum absolute atomic E-state index is 0.0351. The predicted octanol–water partition coefficient (Wildman–Crippen LogP) is 2.82. The van der Waals surface area contributed by atoms with Crippen molar-refractivity contribution < 1.29 is 19.4 Å². The number of halogens is 1. The summed E-state index contributed by atoms with van der Waals surface area (Å²) in [5.74, 6) is -1.19. The van der Waals surface area contributed by atoms with Gasteiger partial charge in [0.2, 0.25) is 5.91 Å².